The summed E-state index contributed by atoms with van der Waals surface area (Å²) in [6.45, 7) is 4.81. The van der Waals surface area contributed by atoms with E-state index in [1.807, 2.05) is 68.4 Å². The average Bonchev–Trinajstić information content (AvgIpc) is 3.52. The van der Waals surface area contributed by atoms with Gasteiger partial charge in [0.2, 0.25) is 5.91 Å². The Bertz CT molecular complexity index is 1590. The molecule has 0 spiro atoms. The van der Waals surface area contributed by atoms with Crippen LogP contribution in [-0.4, -0.2) is 42.1 Å². The van der Waals surface area contributed by atoms with E-state index >= 15 is 0 Å². The van der Waals surface area contributed by atoms with Crippen molar-refractivity contribution in [3.8, 4) is 17.3 Å². The minimum atomic E-state index is -0.196. The number of aromatic nitrogens is 6. The molecule has 10 heteroatoms. The first-order valence-electron chi connectivity index (χ1n) is 12.1. The summed E-state index contributed by atoms with van der Waals surface area (Å²) in [5.74, 6) is 2.19. The highest BCUT2D eigenvalue weighted by Crippen LogP contribution is 2.42. The number of hydrogen-bond donors (Lipinski definition) is 1. The van der Waals surface area contributed by atoms with E-state index in [4.69, 9.17) is 14.6 Å². The van der Waals surface area contributed by atoms with Crippen LogP contribution in [0.25, 0.3) is 11.5 Å². The fourth-order valence-corrected chi connectivity index (χ4v) is 4.69. The second-order valence-electron chi connectivity index (χ2n) is 8.80. The molecule has 1 atom stereocenters. The summed E-state index contributed by atoms with van der Waals surface area (Å²) in [6.07, 6.45) is 1.83. The second kappa shape index (κ2) is 9.38. The number of nitrogens with zero attached hydrogens (tertiary/aromatic N) is 6. The maximum absolute atomic E-state index is 12.9. The zero-order valence-corrected chi connectivity index (χ0v) is 20.5. The van der Waals surface area contributed by atoms with Crippen molar-refractivity contribution in [3.63, 3.8) is 0 Å². The van der Waals surface area contributed by atoms with Crippen molar-refractivity contribution in [3.05, 3.63) is 89.4 Å². The Labute approximate surface area is 212 Å². The third kappa shape index (κ3) is 4.26. The molecule has 0 aliphatic carbocycles. The molecule has 0 saturated carbocycles. The molecular formula is C27H25N7O3. The summed E-state index contributed by atoms with van der Waals surface area (Å²) in [5.41, 5.74) is 4.42. The van der Waals surface area contributed by atoms with E-state index in [2.05, 4.69) is 20.6 Å². The predicted molar refractivity (Wildman–Crippen MR) is 136 cm³/mol. The van der Waals surface area contributed by atoms with Crippen LogP contribution in [0.15, 0.2) is 67.0 Å². The number of rotatable bonds is 7. The van der Waals surface area contributed by atoms with Crippen LogP contribution in [0.4, 0.5) is 5.82 Å². The van der Waals surface area contributed by atoms with Gasteiger partial charge in [-0.2, -0.15) is 14.3 Å². The summed E-state index contributed by atoms with van der Waals surface area (Å²) in [7, 11) is 0. The van der Waals surface area contributed by atoms with Gasteiger partial charge in [0.05, 0.1) is 12.3 Å². The fraction of sp³-hybridized carbons (Fsp3) is 0.222. The van der Waals surface area contributed by atoms with Gasteiger partial charge in [0.1, 0.15) is 18.8 Å². The summed E-state index contributed by atoms with van der Waals surface area (Å²) >= 11 is 0. The molecule has 1 amide bonds. The van der Waals surface area contributed by atoms with Crippen molar-refractivity contribution in [2.75, 3.05) is 11.9 Å². The van der Waals surface area contributed by atoms with Gasteiger partial charge in [0.15, 0.2) is 23.0 Å². The fourth-order valence-electron chi connectivity index (χ4n) is 4.69. The van der Waals surface area contributed by atoms with Crippen LogP contribution in [-0.2, 0) is 11.4 Å². The molecule has 6 rings (SSSR count). The quantitative estimate of drug-likeness (QED) is 0.363. The lowest BCUT2D eigenvalue weighted by Gasteiger charge is -2.25. The topological polar surface area (TPSA) is 108 Å². The van der Waals surface area contributed by atoms with Gasteiger partial charge in [-0.25, -0.2) is 0 Å². The molecule has 0 fully saturated rings. The van der Waals surface area contributed by atoms with Gasteiger partial charge in [-0.05, 0) is 49.2 Å². The first kappa shape index (κ1) is 22.7. The number of hydrogen-bond acceptors (Lipinski definition) is 7. The van der Waals surface area contributed by atoms with Crippen LogP contribution < -0.4 is 14.8 Å². The number of carbonyl (C=O) groups excluding carboxylic acids is 1. The highest BCUT2D eigenvalue weighted by molar-refractivity contribution is 5.95. The monoisotopic (exact) mass is 495 g/mol. The Balaban J connectivity index is 1.36. The first-order valence-corrected chi connectivity index (χ1v) is 12.1. The molecule has 5 aromatic rings. The number of benzene rings is 2. The van der Waals surface area contributed by atoms with Crippen molar-refractivity contribution >= 4 is 17.4 Å². The normalized spacial score (nSPS) is 14.9. The summed E-state index contributed by atoms with van der Waals surface area (Å²) in [5, 5.41) is 20.2. The van der Waals surface area contributed by atoms with E-state index in [0.29, 0.717) is 48.4 Å². The van der Waals surface area contributed by atoms with Crippen LogP contribution in [0.5, 0.6) is 11.5 Å². The van der Waals surface area contributed by atoms with Gasteiger partial charge >= 0.3 is 0 Å². The zero-order valence-electron chi connectivity index (χ0n) is 20.5. The van der Waals surface area contributed by atoms with Crippen LogP contribution in [0.3, 0.4) is 0 Å². The van der Waals surface area contributed by atoms with Crippen LogP contribution in [0.2, 0.25) is 0 Å². The molecule has 3 aromatic heterocycles. The smallest absolute Gasteiger partial charge is 0.226 e. The standard InChI is InChI=1S/C27H25N7O3/c1-3-36-22-13-19(9-10-21(22)37-15-18-7-5-4-6-8-18)20-14-25(35)29-27-26(20)17(2)31-34(27)24-12-11-23-30-28-16-33(23)32-24/h4-13,16,20H,3,14-15H2,1-2H3,(H,29,35). The second-order valence-corrected chi connectivity index (χ2v) is 8.80. The van der Waals surface area contributed by atoms with Gasteiger partial charge in [-0.3, -0.25) is 4.79 Å². The van der Waals surface area contributed by atoms with Crippen molar-refractivity contribution in [2.45, 2.75) is 32.8 Å². The highest BCUT2D eigenvalue weighted by atomic mass is 16.5. The largest absolute Gasteiger partial charge is 0.490 e. The zero-order chi connectivity index (χ0) is 25.4. The van der Waals surface area contributed by atoms with Crippen molar-refractivity contribution < 1.29 is 14.3 Å². The summed E-state index contributed by atoms with van der Waals surface area (Å²) in [6, 6.07) is 19.5. The van der Waals surface area contributed by atoms with E-state index in [-0.39, 0.29) is 11.8 Å². The molecule has 1 N–H and O–H groups in total. The Morgan fingerprint density at radius 1 is 1.03 bits per heavy atom. The minimum absolute atomic E-state index is 0.0913. The number of nitrogens with one attached hydrogen (secondary N) is 1. The van der Waals surface area contributed by atoms with E-state index in [0.717, 1.165) is 22.4 Å². The van der Waals surface area contributed by atoms with Crippen molar-refractivity contribution in [2.24, 2.45) is 0 Å². The molecule has 37 heavy (non-hydrogen) atoms. The lowest BCUT2D eigenvalue weighted by molar-refractivity contribution is -0.116. The van der Waals surface area contributed by atoms with Crippen molar-refractivity contribution in [1.82, 2.24) is 29.6 Å². The number of ether oxygens (including phenoxy) is 2. The van der Waals surface area contributed by atoms with E-state index in [9.17, 15) is 4.79 Å². The maximum Gasteiger partial charge on any atom is 0.226 e. The molecule has 0 bridgehead atoms. The molecule has 0 radical (unpaired) electrons. The third-order valence-electron chi connectivity index (χ3n) is 6.37. The Hall–Kier alpha value is -4.73. The molecule has 0 saturated heterocycles. The Morgan fingerprint density at radius 3 is 2.73 bits per heavy atom. The van der Waals surface area contributed by atoms with E-state index in [1.54, 1.807) is 15.3 Å². The summed E-state index contributed by atoms with van der Waals surface area (Å²) < 4.78 is 15.3. The average molecular weight is 496 g/mol. The molecule has 1 unspecified atom stereocenters. The van der Waals surface area contributed by atoms with Gasteiger partial charge in [0, 0.05) is 17.9 Å². The Kier molecular flexibility index (Phi) is 5.76. The molecule has 1 aliphatic rings. The van der Waals surface area contributed by atoms with Gasteiger partial charge in [-0.15, -0.1) is 15.3 Å². The van der Waals surface area contributed by atoms with Crippen LogP contribution in [0, 0.1) is 6.92 Å². The maximum atomic E-state index is 12.9. The molecule has 2 aromatic carbocycles. The molecule has 10 nitrogen and oxygen atoms in total. The van der Waals surface area contributed by atoms with E-state index < -0.39 is 0 Å². The molecule has 4 heterocycles. The van der Waals surface area contributed by atoms with E-state index in [1.165, 1.54) is 6.33 Å². The third-order valence-corrected chi connectivity index (χ3v) is 6.37. The SMILES string of the molecule is CCOc1cc(C2CC(=O)Nc3c2c(C)nn3-c2ccc3nncn3n2)ccc1OCc1ccccc1. The number of carbonyl (C=O) groups is 1. The molecular weight excluding hydrogens is 470 g/mol. The number of aryl methyl sites for hydroxylation is 1. The van der Waals surface area contributed by atoms with Crippen LogP contribution in [0.1, 0.15) is 41.6 Å². The molecule has 186 valence electrons. The lowest BCUT2D eigenvalue weighted by atomic mass is 9.85. The number of fused-ring (bicyclic) bond motifs is 2. The Morgan fingerprint density at radius 2 is 1.89 bits per heavy atom. The van der Waals surface area contributed by atoms with Gasteiger partial charge in [0.25, 0.3) is 0 Å². The predicted octanol–water partition coefficient (Wildman–Crippen LogP) is 4.07. The number of amides is 1. The van der Waals surface area contributed by atoms with Crippen LogP contribution >= 0.6 is 0 Å². The summed E-state index contributed by atoms with van der Waals surface area (Å²) in [4.78, 5) is 12.9. The highest BCUT2D eigenvalue weighted by Gasteiger charge is 2.33. The van der Waals surface area contributed by atoms with Gasteiger partial charge in [-0.1, -0.05) is 36.4 Å². The van der Waals surface area contributed by atoms with Crippen molar-refractivity contribution in [1.29, 1.82) is 0 Å². The minimum Gasteiger partial charge on any atom is -0.490 e. The lowest BCUT2D eigenvalue weighted by Crippen LogP contribution is -2.25. The molecule has 1 aliphatic heterocycles. The van der Waals surface area contributed by atoms with Gasteiger partial charge < -0.3 is 14.8 Å². The number of anilines is 1. The first-order chi connectivity index (χ1) is 18.1.